The van der Waals surface area contributed by atoms with Crippen LogP contribution in [0.5, 0.6) is 0 Å². The number of carbonyl (C=O) groups is 1. The maximum absolute atomic E-state index is 12.5. The molecule has 0 aliphatic rings. The van der Waals surface area contributed by atoms with Gasteiger partial charge in [0.1, 0.15) is 4.90 Å². The summed E-state index contributed by atoms with van der Waals surface area (Å²) in [4.78, 5) is 14.1. The Balaban J connectivity index is 2.21. The van der Waals surface area contributed by atoms with Crippen molar-refractivity contribution in [2.75, 3.05) is 17.8 Å². The lowest BCUT2D eigenvalue weighted by molar-refractivity contribution is 0.0778. The number of hydrogen-bond donors (Lipinski definition) is 1. The van der Waals surface area contributed by atoms with Crippen LogP contribution in [0.15, 0.2) is 59.5 Å². The van der Waals surface area contributed by atoms with Gasteiger partial charge in [-0.05, 0) is 56.3 Å². The first-order chi connectivity index (χ1) is 12.6. The molecular weight excluding hydrogens is 407 g/mol. The summed E-state index contributed by atoms with van der Waals surface area (Å²) >= 11 is 11.8. The highest BCUT2D eigenvalue weighted by atomic mass is 35.5. The molecule has 0 unspecified atom stereocenters. The molecule has 0 spiro atoms. The third-order valence-electron chi connectivity index (χ3n) is 3.70. The predicted octanol–water partition coefficient (Wildman–Crippen LogP) is 4.83. The van der Waals surface area contributed by atoms with Crippen LogP contribution in [0, 0.1) is 0 Å². The highest BCUT2D eigenvalue weighted by Gasteiger charge is 2.19. The molecule has 0 fully saturated rings. The summed E-state index contributed by atoms with van der Waals surface area (Å²) in [6.45, 7) is 8.59. The zero-order valence-electron chi connectivity index (χ0n) is 15.0. The number of benzene rings is 2. The van der Waals surface area contributed by atoms with Crippen LogP contribution in [-0.2, 0) is 10.0 Å². The molecule has 0 heterocycles. The minimum Gasteiger partial charge on any atom is -0.335 e. The fourth-order valence-electron chi connectivity index (χ4n) is 2.41. The van der Waals surface area contributed by atoms with E-state index >= 15 is 0 Å². The Kier molecular flexibility index (Phi) is 6.92. The first kappa shape index (κ1) is 21.3. The molecule has 0 aliphatic heterocycles. The zero-order valence-corrected chi connectivity index (χ0v) is 17.3. The van der Waals surface area contributed by atoms with Crippen molar-refractivity contribution in [3.63, 3.8) is 0 Å². The number of carbonyl (C=O) groups excluding carboxylic acids is 1. The fourth-order valence-corrected chi connectivity index (χ4v) is 4.23. The van der Waals surface area contributed by atoms with Crippen molar-refractivity contribution in [1.29, 1.82) is 0 Å². The van der Waals surface area contributed by atoms with Crippen molar-refractivity contribution < 1.29 is 13.2 Å². The molecule has 2 aromatic carbocycles. The van der Waals surface area contributed by atoms with Crippen molar-refractivity contribution >= 4 is 44.8 Å². The van der Waals surface area contributed by atoms with Gasteiger partial charge in [0.2, 0.25) is 0 Å². The van der Waals surface area contributed by atoms with E-state index in [4.69, 9.17) is 23.2 Å². The average Bonchev–Trinajstić information content (AvgIpc) is 2.61. The number of hydrogen-bond acceptors (Lipinski definition) is 3. The maximum atomic E-state index is 12.5. The molecule has 0 saturated carbocycles. The number of nitrogens with one attached hydrogen (secondary N) is 1. The minimum absolute atomic E-state index is 0.0667. The second-order valence-electron chi connectivity index (χ2n) is 6.03. The summed E-state index contributed by atoms with van der Waals surface area (Å²) in [5.41, 5.74) is 1.65. The van der Waals surface area contributed by atoms with Gasteiger partial charge in [0.05, 0.1) is 5.02 Å². The second kappa shape index (κ2) is 8.78. The van der Waals surface area contributed by atoms with Gasteiger partial charge >= 0.3 is 0 Å². The Bertz CT molecular complexity index is 957. The Hall–Kier alpha value is -2.02. The monoisotopic (exact) mass is 426 g/mol. The normalized spacial score (nSPS) is 11.1. The number of sulfonamides is 1. The summed E-state index contributed by atoms with van der Waals surface area (Å²) in [7, 11) is -3.91. The molecule has 1 N–H and O–H groups in total. The van der Waals surface area contributed by atoms with Gasteiger partial charge in [0.25, 0.3) is 15.9 Å². The molecule has 1 amide bonds. The Morgan fingerprint density at radius 1 is 1.15 bits per heavy atom. The quantitative estimate of drug-likeness (QED) is 0.644. The van der Waals surface area contributed by atoms with E-state index in [0.717, 1.165) is 5.57 Å². The van der Waals surface area contributed by atoms with Crippen LogP contribution in [0.25, 0.3) is 0 Å². The van der Waals surface area contributed by atoms with E-state index < -0.39 is 10.0 Å². The van der Waals surface area contributed by atoms with Gasteiger partial charge in [-0.25, -0.2) is 8.42 Å². The molecule has 144 valence electrons. The lowest BCUT2D eigenvalue weighted by atomic mass is 10.1. The van der Waals surface area contributed by atoms with E-state index in [-0.39, 0.29) is 20.8 Å². The van der Waals surface area contributed by atoms with Crippen LogP contribution in [0.4, 0.5) is 5.69 Å². The average molecular weight is 427 g/mol. The molecule has 0 atom stereocenters. The molecule has 0 bridgehead atoms. The topological polar surface area (TPSA) is 66.5 Å². The summed E-state index contributed by atoms with van der Waals surface area (Å²) < 4.78 is 27.5. The molecule has 2 rings (SSSR count). The summed E-state index contributed by atoms with van der Waals surface area (Å²) in [6.07, 6.45) is 0. The molecule has 5 nitrogen and oxygen atoms in total. The van der Waals surface area contributed by atoms with E-state index in [1.165, 1.54) is 30.3 Å². The summed E-state index contributed by atoms with van der Waals surface area (Å²) in [6, 6.07) is 10.4. The number of likely N-dealkylation sites (N-methyl/N-ethyl adjacent to an activating group) is 1. The second-order valence-corrected chi connectivity index (χ2v) is 8.53. The van der Waals surface area contributed by atoms with Crippen LogP contribution >= 0.6 is 23.2 Å². The molecule has 0 radical (unpaired) electrons. The van der Waals surface area contributed by atoms with Crippen LogP contribution < -0.4 is 4.72 Å². The lowest BCUT2D eigenvalue weighted by Gasteiger charge is -2.21. The Morgan fingerprint density at radius 3 is 2.33 bits per heavy atom. The van der Waals surface area contributed by atoms with E-state index in [0.29, 0.717) is 24.3 Å². The molecule has 0 saturated heterocycles. The zero-order chi connectivity index (χ0) is 20.2. The van der Waals surface area contributed by atoms with Gasteiger partial charge < -0.3 is 4.90 Å². The van der Waals surface area contributed by atoms with Crippen LogP contribution in [-0.4, -0.2) is 32.3 Å². The van der Waals surface area contributed by atoms with E-state index in [1.54, 1.807) is 17.0 Å². The maximum Gasteiger partial charge on any atom is 0.263 e. The number of anilines is 1. The van der Waals surface area contributed by atoms with Gasteiger partial charge in [-0.3, -0.25) is 9.52 Å². The number of amides is 1. The van der Waals surface area contributed by atoms with Gasteiger partial charge in [0.15, 0.2) is 0 Å². The predicted molar refractivity (Wildman–Crippen MR) is 110 cm³/mol. The van der Waals surface area contributed by atoms with E-state index in [1.807, 2.05) is 13.8 Å². The van der Waals surface area contributed by atoms with Gasteiger partial charge in [-0.2, -0.15) is 0 Å². The molecule has 27 heavy (non-hydrogen) atoms. The highest BCUT2D eigenvalue weighted by Crippen LogP contribution is 2.27. The van der Waals surface area contributed by atoms with Crippen molar-refractivity contribution in [3.05, 3.63) is 70.2 Å². The van der Waals surface area contributed by atoms with Crippen molar-refractivity contribution in [1.82, 2.24) is 4.90 Å². The smallest absolute Gasteiger partial charge is 0.263 e. The SMILES string of the molecule is C=C(C)CN(CC)C(=O)c1ccc(NS(=O)(=O)c2cc(Cl)ccc2Cl)cc1. The number of halogens is 2. The number of nitrogens with zero attached hydrogens (tertiary/aromatic N) is 1. The van der Waals surface area contributed by atoms with Gasteiger partial charge in [-0.1, -0.05) is 35.4 Å². The highest BCUT2D eigenvalue weighted by molar-refractivity contribution is 7.92. The first-order valence-electron chi connectivity index (χ1n) is 8.15. The largest absolute Gasteiger partial charge is 0.335 e. The van der Waals surface area contributed by atoms with Gasteiger partial charge in [-0.15, -0.1) is 0 Å². The molecule has 2 aromatic rings. The van der Waals surface area contributed by atoms with Crippen molar-refractivity contribution in [3.8, 4) is 0 Å². The molecule has 0 aromatic heterocycles. The van der Waals surface area contributed by atoms with E-state index in [2.05, 4.69) is 11.3 Å². The van der Waals surface area contributed by atoms with Crippen molar-refractivity contribution in [2.45, 2.75) is 18.7 Å². The third kappa shape index (κ3) is 5.48. The molecular formula is C19H20Cl2N2O3S. The van der Waals surface area contributed by atoms with E-state index in [9.17, 15) is 13.2 Å². The number of rotatable bonds is 7. The lowest BCUT2D eigenvalue weighted by Crippen LogP contribution is -2.32. The van der Waals surface area contributed by atoms with Crippen LogP contribution in [0.2, 0.25) is 10.0 Å². The van der Waals surface area contributed by atoms with Crippen molar-refractivity contribution in [2.24, 2.45) is 0 Å². The molecule has 0 aliphatic carbocycles. The Morgan fingerprint density at radius 2 is 1.78 bits per heavy atom. The molecule has 8 heteroatoms. The first-order valence-corrected chi connectivity index (χ1v) is 10.4. The van der Waals surface area contributed by atoms with Crippen LogP contribution in [0.1, 0.15) is 24.2 Å². The van der Waals surface area contributed by atoms with Crippen LogP contribution in [0.3, 0.4) is 0 Å². The summed E-state index contributed by atoms with van der Waals surface area (Å²) in [5, 5.41) is 0.329. The minimum atomic E-state index is -3.91. The third-order valence-corrected chi connectivity index (χ3v) is 5.79. The standard InChI is InChI=1S/C19H20Cl2N2O3S/c1-4-23(12-13(2)3)19(24)14-5-8-16(9-6-14)22-27(25,26)18-11-15(20)7-10-17(18)21/h5-11,22H,2,4,12H2,1,3H3. The Labute approximate surface area is 169 Å². The van der Waals surface area contributed by atoms with Gasteiger partial charge in [0, 0.05) is 29.4 Å². The summed E-state index contributed by atoms with van der Waals surface area (Å²) in [5.74, 6) is -0.146. The fraction of sp³-hybridized carbons (Fsp3) is 0.211.